The van der Waals surface area contributed by atoms with E-state index in [1.54, 1.807) is 0 Å². The lowest BCUT2D eigenvalue weighted by Gasteiger charge is -2.30. The van der Waals surface area contributed by atoms with E-state index < -0.39 is 29.9 Å². The second kappa shape index (κ2) is 6.48. The van der Waals surface area contributed by atoms with Crippen molar-refractivity contribution in [3.8, 4) is 5.75 Å². The number of carbonyl (C=O) groups is 1. The highest BCUT2D eigenvalue weighted by atomic mass is 35.5. The van der Waals surface area contributed by atoms with Crippen molar-refractivity contribution >= 4 is 35.2 Å². The van der Waals surface area contributed by atoms with Crippen molar-refractivity contribution in [2.24, 2.45) is 0 Å². The van der Waals surface area contributed by atoms with Crippen LogP contribution in [0, 0.1) is 0 Å². The van der Waals surface area contributed by atoms with Gasteiger partial charge in [-0.2, -0.15) is 13.2 Å². The molecule has 8 heteroatoms. The highest BCUT2D eigenvalue weighted by molar-refractivity contribution is 6.31. The highest BCUT2D eigenvalue weighted by Crippen LogP contribution is 2.42. The summed E-state index contributed by atoms with van der Waals surface area (Å²) in [7, 11) is 0. The first-order valence-corrected chi connectivity index (χ1v) is 7.88. The summed E-state index contributed by atoms with van der Waals surface area (Å²) in [6.45, 7) is 5.64. The topological polar surface area (TPSA) is 35.5 Å². The number of fused-ring (bicyclic) bond motifs is 1. The molecule has 1 aromatic carbocycles. The first-order valence-electron chi connectivity index (χ1n) is 6.97. The molecule has 0 amide bonds. The Bertz CT molecular complexity index is 691. The van der Waals surface area contributed by atoms with E-state index in [2.05, 4.69) is 4.74 Å². The first-order chi connectivity index (χ1) is 10.9. The zero-order valence-electron chi connectivity index (χ0n) is 13.1. The van der Waals surface area contributed by atoms with E-state index in [0.717, 1.165) is 6.08 Å². The maximum atomic E-state index is 13.3. The van der Waals surface area contributed by atoms with E-state index in [1.165, 1.54) is 12.1 Å². The van der Waals surface area contributed by atoms with Gasteiger partial charge in [0.1, 0.15) is 5.75 Å². The van der Waals surface area contributed by atoms with E-state index in [1.807, 2.05) is 20.8 Å². The molecule has 1 aliphatic rings. The van der Waals surface area contributed by atoms with Crippen molar-refractivity contribution < 1.29 is 27.4 Å². The summed E-state index contributed by atoms with van der Waals surface area (Å²) >= 11 is 11.5. The number of carbonyl (C=O) groups excluding carboxylic acids is 1. The molecule has 0 spiro atoms. The van der Waals surface area contributed by atoms with Crippen LogP contribution in [0.5, 0.6) is 5.75 Å². The van der Waals surface area contributed by atoms with Gasteiger partial charge < -0.3 is 9.47 Å². The quantitative estimate of drug-likeness (QED) is 0.528. The van der Waals surface area contributed by atoms with Crippen LogP contribution in [0.2, 0.25) is 5.02 Å². The number of rotatable bonds is 2. The minimum atomic E-state index is -4.78. The molecule has 0 N–H and O–H groups in total. The van der Waals surface area contributed by atoms with Crippen LogP contribution in [0.4, 0.5) is 13.2 Å². The van der Waals surface area contributed by atoms with E-state index in [4.69, 9.17) is 27.9 Å². The van der Waals surface area contributed by atoms with Crippen molar-refractivity contribution in [2.45, 2.75) is 38.5 Å². The minimum absolute atomic E-state index is 0.00840. The second-order valence-corrected chi connectivity index (χ2v) is 6.93. The lowest BCUT2D eigenvalue weighted by Crippen LogP contribution is -2.40. The summed E-state index contributed by atoms with van der Waals surface area (Å²) in [4.78, 5) is 11.8. The third-order valence-electron chi connectivity index (χ3n) is 3.46. The molecule has 0 radical (unpaired) electrons. The molecule has 24 heavy (non-hydrogen) atoms. The first kappa shape index (κ1) is 18.9. The number of hydrogen-bond acceptors (Lipinski definition) is 3. The predicted octanol–water partition coefficient (Wildman–Crippen LogP) is 5.08. The SMILES string of the molecule is CC(C)(C)c1cc2c(cc1Cl)C=C(C(=O)OCCl)C(C(F)(F)F)O2. The maximum Gasteiger partial charge on any atom is 0.430 e. The summed E-state index contributed by atoms with van der Waals surface area (Å²) < 4.78 is 49.3. The average Bonchev–Trinajstić information content (AvgIpc) is 2.43. The van der Waals surface area contributed by atoms with E-state index in [-0.39, 0.29) is 16.7 Å². The molecule has 1 unspecified atom stereocenters. The molecule has 0 aromatic heterocycles. The van der Waals surface area contributed by atoms with Crippen LogP contribution < -0.4 is 4.74 Å². The molecule has 0 aliphatic carbocycles. The number of esters is 1. The van der Waals surface area contributed by atoms with Gasteiger partial charge in [-0.05, 0) is 29.2 Å². The van der Waals surface area contributed by atoms with Gasteiger partial charge in [-0.25, -0.2) is 4.79 Å². The number of halogens is 5. The van der Waals surface area contributed by atoms with Gasteiger partial charge >= 0.3 is 12.1 Å². The van der Waals surface area contributed by atoms with Crippen LogP contribution in [0.25, 0.3) is 6.08 Å². The van der Waals surface area contributed by atoms with Crippen molar-refractivity contribution in [2.75, 3.05) is 6.07 Å². The van der Waals surface area contributed by atoms with E-state index in [9.17, 15) is 18.0 Å². The molecular formula is C16H15Cl2F3O3. The summed E-state index contributed by atoms with van der Waals surface area (Å²) in [5, 5.41) is 0.372. The van der Waals surface area contributed by atoms with Crippen LogP contribution in [-0.2, 0) is 14.9 Å². The Labute approximate surface area is 147 Å². The molecule has 132 valence electrons. The van der Waals surface area contributed by atoms with Crippen LogP contribution >= 0.6 is 23.2 Å². The Morgan fingerprint density at radius 1 is 1.29 bits per heavy atom. The van der Waals surface area contributed by atoms with Crippen LogP contribution in [0.1, 0.15) is 31.9 Å². The number of hydrogen-bond donors (Lipinski definition) is 0. The fraction of sp³-hybridized carbons (Fsp3) is 0.438. The third kappa shape index (κ3) is 3.81. The summed E-state index contributed by atoms with van der Waals surface area (Å²) in [5.74, 6) is -1.18. The molecular weight excluding hydrogens is 368 g/mol. The highest BCUT2D eigenvalue weighted by Gasteiger charge is 2.49. The second-order valence-electron chi connectivity index (χ2n) is 6.30. The smallest absolute Gasteiger partial charge is 0.430 e. The van der Waals surface area contributed by atoms with Gasteiger partial charge in [-0.15, -0.1) is 0 Å². The molecule has 0 saturated carbocycles. The zero-order chi connectivity index (χ0) is 18.3. The third-order valence-corrected chi connectivity index (χ3v) is 3.89. The summed E-state index contributed by atoms with van der Waals surface area (Å²) in [5.41, 5.74) is -0.139. The Balaban J connectivity index is 2.58. The molecule has 1 heterocycles. The van der Waals surface area contributed by atoms with Crippen molar-refractivity contribution in [1.29, 1.82) is 0 Å². The van der Waals surface area contributed by atoms with Crippen molar-refractivity contribution in [3.63, 3.8) is 0 Å². The van der Waals surface area contributed by atoms with Gasteiger partial charge in [-0.3, -0.25) is 0 Å². The normalized spacial score (nSPS) is 17.7. The molecule has 0 fully saturated rings. The van der Waals surface area contributed by atoms with Crippen molar-refractivity contribution in [1.82, 2.24) is 0 Å². The van der Waals surface area contributed by atoms with Gasteiger partial charge in [0, 0.05) is 10.6 Å². The predicted molar refractivity (Wildman–Crippen MR) is 85.4 cm³/mol. The van der Waals surface area contributed by atoms with E-state index in [0.29, 0.717) is 10.6 Å². The van der Waals surface area contributed by atoms with Gasteiger partial charge in [0.2, 0.25) is 6.10 Å². The molecule has 1 aliphatic heterocycles. The minimum Gasteiger partial charge on any atom is -0.475 e. The largest absolute Gasteiger partial charge is 0.475 e. The fourth-order valence-corrected chi connectivity index (χ4v) is 2.89. The fourth-order valence-electron chi connectivity index (χ4n) is 2.33. The maximum absolute atomic E-state index is 13.3. The summed E-state index contributed by atoms with van der Waals surface area (Å²) in [6.07, 6.45) is -6.13. The molecule has 3 nitrogen and oxygen atoms in total. The number of ether oxygens (including phenoxy) is 2. The van der Waals surface area contributed by atoms with E-state index >= 15 is 0 Å². The van der Waals surface area contributed by atoms with Gasteiger partial charge in [0.05, 0.1) is 5.57 Å². The van der Waals surface area contributed by atoms with Gasteiger partial charge in [-0.1, -0.05) is 44.0 Å². The van der Waals surface area contributed by atoms with Crippen LogP contribution in [0.3, 0.4) is 0 Å². The lowest BCUT2D eigenvalue weighted by molar-refractivity contribution is -0.187. The molecule has 0 bridgehead atoms. The summed E-state index contributed by atoms with van der Waals surface area (Å²) in [6, 6.07) is 2.38. The van der Waals surface area contributed by atoms with Crippen LogP contribution in [-0.4, -0.2) is 24.3 Å². The molecule has 1 aromatic rings. The lowest BCUT2D eigenvalue weighted by atomic mass is 9.85. The Hall–Kier alpha value is -1.40. The molecule has 1 atom stereocenters. The molecule has 2 rings (SSSR count). The monoisotopic (exact) mass is 382 g/mol. The standard InChI is InChI=1S/C16H15Cl2F3O3/c1-15(2,3)10-6-12-8(5-11(10)18)4-9(14(22)23-7-17)13(24-12)16(19,20)21/h4-6,13H,7H2,1-3H3. The Morgan fingerprint density at radius 2 is 1.92 bits per heavy atom. The van der Waals surface area contributed by atoms with Crippen molar-refractivity contribution in [3.05, 3.63) is 33.9 Å². The van der Waals surface area contributed by atoms with Crippen LogP contribution in [0.15, 0.2) is 17.7 Å². The number of alkyl halides is 4. The van der Waals surface area contributed by atoms with Gasteiger partial charge in [0.25, 0.3) is 0 Å². The molecule has 0 saturated heterocycles. The van der Waals surface area contributed by atoms with Gasteiger partial charge in [0.15, 0.2) is 6.07 Å². The number of benzene rings is 1. The Morgan fingerprint density at radius 3 is 2.42 bits per heavy atom. The zero-order valence-corrected chi connectivity index (χ0v) is 14.6. The average molecular weight is 383 g/mol. The Kier molecular flexibility index (Phi) is 5.11.